The molecule has 0 aliphatic rings. The minimum absolute atomic E-state index is 0.00694. The molecule has 0 aromatic heterocycles. The van der Waals surface area contributed by atoms with E-state index in [-0.39, 0.29) is 25.1 Å². The van der Waals surface area contributed by atoms with Crippen molar-refractivity contribution in [1.29, 1.82) is 0 Å². The Morgan fingerprint density at radius 3 is 2.08 bits per heavy atom. The van der Waals surface area contributed by atoms with Gasteiger partial charge < -0.3 is 10.2 Å². The lowest BCUT2D eigenvalue weighted by molar-refractivity contribution is -0.134. The fourth-order valence-corrected chi connectivity index (χ4v) is 1.54. The summed E-state index contributed by atoms with van der Waals surface area (Å²) in [6, 6.07) is -0.0486. The van der Waals surface area contributed by atoms with Crippen molar-refractivity contribution in [3.63, 3.8) is 0 Å². The van der Waals surface area contributed by atoms with E-state index < -0.39 is 14.7 Å². The number of hydrogen-bond donors (Lipinski definition) is 2. The highest BCUT2D eigenvalue weighted by Gasteiger charge is 2.31. The van der Waals surface area contributed by atoms with E-state index >= 15 is 0 Å². The van der Waals surface area contributed by atoms with Crippen molar-refractivity contribution in [3.05, 3.63) is 0 Å². The van der Waals surface area contributed by atoms with E-state index in [1.54, 1.807) is 0 Å². The quantitative estimate of drug-likeness (QED) is 0.554. The Hall–Kier alpha value is -0.493. The summed E-state index contributed by atoms with van der Waals surface area (Å²) in [5.41, 5.74) is 0. The van der Waals surface area contributed by atoms with E-state index in [4.69, 9.17) is 15.0 Å². The van der Waals surface area contributed by atoms with Gasteiger partial charge in [-0.15, -0.1) is 0 Å². The summed E-state index contributed by atoms with van der Waals surface area (Å²) < 4.78 is 24.7. The summed E-state index contributed by atoms with van der Waals surface area (Å²) in [5, 5.41) is 15.6. The Morgan fingerprint density at radius 2 is 1.85 bits per heavy atom. The molecule has 0 aromatic rings. The standard InChI is InChI=1S/C5H12F2OSi.C2H4O2/c1-2-9(6,7)5-3-4-8;1-2(3)4/h8H,2-5H2,1H3;1H3,(H,3,4). The van der Waals surface area contributed by atoms with E-state index in [1.165, 1.54) is 6.92 Å². The summed E-state index contributed by atoms with van der Waals surface area (Å²) in [6.07, 6.45) is 0.257. The zero-order valence-corrected chi connectivity index (χ0v) is 8.89. The van der Waals surface area contributed by atoms with Crippen LogP contribution in [0, 0.1) is 0 Å². The molecular formula is C7H16F2O3Si. The molecule has 0 atom stereocenters. The molecule has 13 heavy (non-hydrogen) atoms. The highest BCUT2D eigenvalue weighted by molar-refractivity contribution is 6.65. The monoisotopic (exact) mass is 214 g/mol. The van der Waals surface area contributed by atoms with Crippen molar-refractivity contribution < 1.29 is 23.2 Å². The van der Waals surface area contributed by atoms with Gasteiger partial charge in [0.2, 0.25) is 0 Å². The molecule has 0 saturated carbocycles. The maximum atomic E-state index is 12.4. The first-order valence-electron chi connectivity index (χ1n) is 4.04. The topological polar surface area (TPSA) is 57.5 Å². The van der Waals surface area contributed by atoms with Crippen molar-refractivity contribution >= 4 is 14.7 Å². The second-order valence-corrected chi connectivity index (χ2v) is 5.47. The molecular weight excluding hydrogens is 198 g/mol. The molecule has 3 nitrogen and oxygen atoms in total. The molecule has 0 saturated heterocycles. The van der Waals surface area contributed by atoms with Crippen LogP contribution in [0.5, 0.6) is 0 Å². The molecule has 0 spiro atoms. The second-order valence-electron chi connectivity index (χ2n) is 2.56. The minimum atomic E-state index is -3.86. The van der Waals surface area contributed by atoms with Crippen molar-refractivity contribution in [2.24, 2.45) is 0 Å². The molecule has 0 rings (SSSR count). The first kappa shape index (κ1) is 15.0. The Morgan fingerprint density at radius 1 is 1.46 bits per heavy atom. The first-order chi connectivity index (χ1) is 5.85. The molecule has 0 aliphatic carbocycles. The molecule has 0 amide bonds. The Kier molecular flexibility index (Phi) is 9.37. The number of aliphatic carboxylic acids is 1. The Balaban J connectivity index is 0. The molecule has 0 aromatic carbocycles. The van der Waals surface area contributed by atoms with Crippen LogP contribution in [0.2, 0.25) is 12.1 Å². The average Bonchev–Trinajstić information content (AvgIpc) is 2.00. The highest BCUT2D eigenvalue weighted by atomic mass is 28.4. The fourth-order valence-electron chi connectivity index (χ4n) is 0.514. The number of aliphatic hydroxyl groups is 1. The zero-order valence-electron chi connectivity index (χ0n) is 7.89. The molecule has 0 unspecified atom stereocenters. The smallest absolute Gasteiger partial charge is 0.424 e. The third-order valence-corrected chi connectivity index (χ3v) is 3.34. The third kappa shape index (κ3) is 18.5. The van der Waals surface area contributed by atoms with Gasteiger partial charge in [0.25, 0.3) is 5.97 Å². The summed E-state index contributed by atoms with van der Waals surface area (Å²) in [5.74, 6) is -0.833. The number of halogens is 2. The normalized spacial score (nSPS) is 10.2. The second kappa shape index (κ2) is 8.12. The van der Waals surface area contributed by atoms with Crippen LogP contribution in [0.3, 0.4) is 0 Å². The van der Waals surface area contributed by atoms with Gasteiger partial charge >= 0.3 is 8.74 Å². The van der Waals surface area contributed by atoms with Gasteiger partial charge in [0, 0.05) is 19.6 Å². The molecule has 0 heterocycles. The van der Waals surface area contributed by atoms with Crippen LogP contribution < -0.4 is 0 Å². The van der Waals surface area contributed by atoms with E-state index in [0.717, 1.165) is 6.92 Å². The van der Waals surface area contributed by atoms with Crippen LogP contribution in [0.25, 0.3) is 0 Å². The van der Waals surface area contributed by atoms with Gasteiger partial charge in [-0.2, -0.15) is 0 Å². The van der Waals surface area contributed by atoms with Gasteiger partial charge in [0.15, 0.2) is 0 Å². The van der Waals surface area contributed by atoms with Crippen molar-refractivity contribution in [2.45, 2.75) is 32.4 Å². The van der Waals surface area contributed by atoms with Crippen LogP contribution in [0.15, 0.2) is 0 Å². The van der Waals surface area contributed by atoms with E-state index in [9.17, 15) is 8.22 Å². The summed E-state index contributed by atoms with van der Waals surface area (Å²) in [6.45, 7) is 2.48. The molecule has 0 aliphatic heterocycles. The van der Waals surface area contributed by atoms with E-state index in [1.807, 2.05) is 0 Å². The van der Waals surface area contributed by atoms with Crippen LogP contribution in [-0.4, -0.2) is 31.5 Å². The van der Waals surface area contributed by atoms with Crippen molar-refractivity contribution in [2.75, 3.05) is 6.61 Å². The lowest BCUT2D eigenvalue weighted by Gasteiger charge is -2.07. The van der Waals surface area contributed by atoms with Crippen LogP contribution in [0.4, 0.5) is 8.22 Å². The van der Waals surface area contributed by atoms with Gasteiger partial charge in [-0.1, -0.05) is 6.92 Å². The van der Waals surface area contributed by atoms with Gasteiger partial charge in [0.05, 0.1) is 0 Å². The number of carbonyl (C=O) groups is 1. The molecule has 6 heteroatoms. The van der Waals surface area contributed by atoms with Crippen LogP contribution >= 0.6 is 0 Å². The Labute approximate surface area is 77.7 Å². The molecule has 0 bridgehead atoms. The summed E-state index contributed by atoms with van der Waals surface area (Å²) in [7, 11) is -3.86. The predicted octanol–water partition coefficient (Wildman–Crippen LogP) is 1.86. The number of carboxylic acids is 1. The predicted molar refractivity (Wildman–Crippen MR) is 48.3 cm³/mol. The summed E-state index contributed by atoms with van der Waals surface area (Å²) in [4.78, 5) is 9.00. The van der Waals surface area contributed by atoms with Crippen molar-refractivity contribution in [1.82, 2.24) is 0 Å². The molecule has 0 fully saturated rings. The molecule has 2 N–H and O–H groups in total. The summed E-state index contributed by atoms with van der Waals surface area (Å²) >= 11 is 0. The Bertz CT molecular complexity index is 138. The van der Waals surface area contributed by atoms with Gasteiger partial charge in [0.1, 0.15) is 0 Å². The third-order valence-electron chi connectivity index (χ3n) is 1.22. The van der Waals surface area contributed by atoms with Gasteiger partial charge in [-0.05, 0) is 12.5 Å². The highest BCUT2D eigenvalue weighted by Crippen LogP contribution is 2.19. The number of aliphatic hydroxyl groups excluding tert-OH is 1. The van der Waals surface area contributed by atoms with Gasteiger partial charge in [-0.3, -0.25) is 13.0 Å². The van der Waals surface area contributed by atoms with Gasteiger partial charge in [-0.25, -0.2) is 0 Å². The number of hydrogen-bond acceptors (Lipinski definition) is 2. The maximum absolute atomic E-state index is 12.4. The largest absolute Gasteiger partial charge is 0.481 e. The van der Waals surface area contributed by atoms with E-state index in [0.29, 0.717) is 0 Å². The lowest BCUT2D eigenvalue weighted by Crippen LogP contribution is -2.20. The number of rotatable bonds is 4. The SMILES string of the molecule is CC(=O)O.CC[Si](F)(F)CCCO. The lowest BCUT2D eigenvalue weighted by atomic mass is 10.5. The first-order valence-corrected chi connectivity index (χ1v) is 6.21. The average molecular weight is 214 g/mol. The zero-order chi connectivity index (χ0) is 10.9. The number of carboxylic acid groups (broad SMARTS) is 1. The molecule has 80 valence electrons. The molecule has 0 radical (unpaired) electrons. The van der Waals surface area contributed by atoms with Crippen LogP contribution in [0.1, 0.15) is 20.3 Å². The van der Waals surface area contributed by atoms with Crippen molar-refractivity contribution in [3.8, 4) is 0 Å². The van der Waals surface area contributed by atoms with Crippen LogP contribution in [-0.2, 0) is 4.79 Å². The minimum Gasteiger partial charge on any atom is -0.481 e. The maximum Gasteiger partial charge on any atom is 0.424 e. The van der Waals surface area contributed by atoms with E-state index in [2.05, 4.69) is 0 Å². The fraction of sp³-hybridized carbons (Fsp3) is 0.857.